The maximum absolute atomic E-state index is 12.8. The molecule has 0 saturated heterocycles. The van der Waals surface area contributed by atoms with Gasteiger partial charge in [0.2, 0.25) is 5.91 Å². The fourth-order valence-electron chi connectivity index (χ4n) is 2.57. The summed E-state index contributed by atoms with van der Waals surface area (Å²) in [7, 11) is 0. The number of rotatable bonds is 11. The Labute approximate surface area is 198 Å². The second kappa shape index (κ2) is 11.6. The lowest BCUT2D eigenvalue weighted by Crippen LogP contribution is -2.35. The Bertz CT molecular complexity index is 1090. The van der Waals surface area contributed by atoms with E-state index in [0.29, 0.717) is 27.4 Å². The zero-order valence-corrected chi connectivity index (χ0v) is 19.6. The van der Waals surface area contributed by atoms with Crippen LogP contribution in [0.3, 0.4) is 0 Å². The fraction of sp³-hybridized carbons (Fsp3) is 0.286. The van der Waals surface area contributed by atoms with Crippen molar-refractivity contribution in [1.82, 2.24) is 15.0 Å². The highest BCUT2D eigenvalue weighted by atomic mass is 32.2. The van der Waals surface area contributed by atoms with Gasteiger partial charge in [0.15, 0.2) is 10.3 Å². The van der Waals surface area contributed by atoms with E-state index in [0.717, 1.165) is 16.4 Å². The molecule has 1 aromatic carbocycles. The van der Waals surface area contributed by atoms with Gasteiger partial charge in [-0.2, -0.15) is 5.06 Å². The topological polar surface area (TPSA) is 138 Å². The number of thiazole rings is 1. The summed E-state index contributed by atoms with van der Waals surface area (Å²) in [4.78, 5) is 53.5. The summed E-state index contributed by atoms with van der Waals surface area (Å²) in [5.41, 5.74) is 0.827. The van der Waals surface area contributed by atoms with Crippen LogP contribution < -0.4 is 10.4 Å². The number of carbonyl (C=O) groups is 3. The maximum atomic E-state index is 12.8. The molecule has 2 amide bonds. The molecule has 174 valence electrons. The van der Waals surface area contributed by atoms with Gasteiger partial charge in [0, 0.05) is 12.4 Å². The molecule has 10 nitrogen and oxygen atoms in total. The number of hydrogen-bond acceptors (Lipinski definition) is 8. The molecule has 3 aromatic rings. The number of H-pyrrole nitrogens is 1. The largest absolute Gasteiger partial charge is 0.481 e. The number of hydroxylamine groups is 1. The number of carboxylic acid groups (broad SMARTS) is 1. The van der Waals surface area contributed by atoms with Gasteiger partial charge in [0.1, 0.15) is 6.42 Å². The van der Waals surface area contributed by atoms with Gasteiger partial charge in [-0.3, -0.25) is 19.2 Å². The molecule has 2 aromatic heterocycles. The third kappa shape index (κ3) is 7.41. The molecule has 0 aliphatic carbocycles. The van der Waals surface area contributed by atoms with E-state index in [1.807, 2.05) is 19.9 Å². The minimum absolute atomic E-state index is 0.186. The molecule has 0 unspecified atom stereocenters. The lowest BCUT2D eigenvalue weighted by atomic mass is 10.2. The number of benzene rings is 1. The second-order valence-electron chi connectivity index (χ2n) is 7.26. The van der Waals surface area contributed by atoms with E-state index in [1.165, 1.54) is 11.8 Å². The predicted molar refractivity (Wildman–Crippen MR) is 124 cm³/mol. The summed E-state index contributed by atoms with van der Waals surface area (Å²) in [5.74, 6) is -1.98. The van der Waals surface area contributed by atoms with Crippen molar-refractivity contribution in [2.75, 3.05) is 17.0 Å². The van der Waals surface area contributed by atoms with E-state index in [-0.39, 0.29) is 17.5 Å². The number of para-hydroxylation sites is 1. The number of imidazole rings is 1. The van der Waals surface area contributed by atoms with E-state index in [4.69, 9.17) is 9.94 Å². The number of aromatic nitrogens is 3. The quantitative estimate of drug-likeness (QED) is 0.274. The lowest BCUT2D eigenvalue weighted by molar-refractivity contribution is -0.136. The Kier molecular flexibility index (Phi) is 8.58. The van der Waals surface area contributed by atoms with Crippen LogP contribution in [0.25, 0.3) is 0 Å². The van der Waals surface area contributed by atoms with Crippen LogP contribution in [0.4, 0.5) is 10.8 Å². The first kappa shape index (κ1) is 24.4. The number of aliphatic carboxylic acids is 1. The van der Waals surface area contributed by atoms with Crippen molar-refractivity contribution in [3.05, 3.63) is 48.4 Å². The van der Waals surface area contributed by atoms with Crippen LogP contribution in [-0.4, -0.2) is 44.4 Å². The van der Waals surface area contributed by atoms with Crippen molar-refractivity contribution < 1.29 is 24.3 Å². The van der Waals surface area contributed by atoms with Crippen molar-refractivity contribution in [2.45, 2.75) is 36.1 Å². The summed E-state index contributed by atoms with van der Waals surface area (Å²) in [6.07, 6.45) is 2.45. The molecule has 0 saturated carbocycles. The standard InChI is InChI=1S/C21H23N5O5S2/c1-13(2)12-31-26(14-6-4-3-5-7-14)17(28)11-16(27)25-21-24-15(10-18(29)30)19(33-21)32-20-22-8-9-23-20/h3-9,13H,10-12H2,1-2H3,(H,22,23)(H,29,30)(H,24,25,27). The van der Waals surface area contributed by atoms with Gasteiger partial charge in [-0.15, -0.1) is 0 Å². The Morgan fingerprint density at radius 3 is 2.67 bits per heavy atom. The molecule has 0 fully saturated rings. The normalized spacial score (nSPS) is 10.9. The molecule has 3 rings (SSSR count). The third-order valence-electron chi connectivity index (χ3n) is 3.96. The maximum Gasteiger partial charge on any atom is 0.309 e. The minimum Gasteiger partial charge on any atom is -0.481 e. The van der Waals surface area contributed by atoms with Gasteiger partial charge in [-0.25, -0.2) is 9.97 Å². The molecule has 0 radical (unpaired) electrons. The number of amides is 2. The van der Waals surface area contributed by atoms with Crippen molar-refractivity contribution in [2.24, 2.45) is 5.92 Å². The molecule has 3 N–H and O–H groups in total. The highest BCUT2D eigenvalue weighted by molar-refractivity contribution is 8.01. The molecule has 33 heavy (non-hydrogen) atoms. The highest BCUT2D eigenvalue weighted by Gasteiger charge is 2.23. The van der Waals surface area contributed by atoms with Crippen molar-refractivity contribution in [3.63, 3.8) is 0 Å². The van der Waals surface area contributed by atoms with Crippen LogP contribution in [0.1, 0.15) is 26.0 Å². The Balaban J connectivity index is 1.69. The molecule has 0 atom stereocenters. The first-order chi connectivity index (χ1) is 15.8. The first-order valence-corrected chi connectivity index (χ1v) is 11.6. The van der Waals surface area contributed by atoms with E-state index in [2.05, 4.69) is 20.3 Å². The molecule has 0 bridgehead atoms. The monoisotopic (exact) mass is 489 g/mol. The highest BCUT2D eigenvalue weighted by Crippen LogP contribution is 2.36. The molecule has 12 heteroatoms. The van der Waals surface area contributed by atoms with Crippen LogP contribution in [-0.2, 0) is 25.6 Å². The molecule has 0 aliphatic rings. The Morgan fingerprint density at radius 2 is 2.03 bits per heavy atom. The van der Waals surface area contributed by atoms with Crippen molar-refractivity contribution in [1.29, 1.82) is 0 Å². The van der Waals surface area contributed by atoms with Gasteiger partial charge in [0.25, 0.3) is 5.91 Å². The zero-order chi connectivity index (χ0) is 23.8. The number of aromatic amines is 1. The third-order valence-corrected chi connectivity index (χ3v) is 6.10. The molecular weight excluding hydrogens is 466 g/mol. The SMILES string of the molecule is CC(C)CON(C(=O)CC(=O)Nc1nc(CC(=O)O)c(Sc2ncc[nH]2)s1)c1ccccc1. The molecule has 0 aliphatic heterocycles. The van der Waals surface area contributed by atoms with Crippen LogP contribution >= 0.6 is 23.1 Å². The van der Waals surface area contributed by atoms with Gasteiger partial charge in [-0.1, -0.05) is 43.4 Å². The molecule has 2 heterocycles. The number of anilines is 2. The van der Waals surface area contributed by atoms with Crippen LogP contribution in [0.2, 0.25) is 0 Å². The number of carbonyl (C=O) groups excluding carboxylic acids is 2. The smallest absolute Gasteiger partial charge is 0.309 e. The summed E-state index contributed by atoms with van der Waals surface area (Å²) >= 11 is 2.33. The Hall–Kier alpha value is -3.22. The van der Waals surface area contributed by atoms with Crippen molar-refractivity contribution >= 4 is 51.7 Å². The van der Waals surface area contributed by atoms with Crippen LogP contribution in [0, 0.1) is 5.92 Å². The second-order valence-corrected chi connectivity index (χ2v) is 9.51. The van der Waals surface area contributed by atoms with Gasteiger partial charge >= 0.3 is 5.97 Å². The van der Waals surface area contributed by atoms with Crippen LogP contribution in [0.15, 0.2) is 52.1 Å². The lowest BCUT2D eigenvalue weighted by Gasteiger charge is -2.22. The molecule has 0 spiro atoms. The number of hydrogen-bond donors (Lipinski definition) is 3. The fourth-order valence-corrected chi connectivity index (χ4v) is 4.59. The van der Waals surface area contributed by atoms with Gasteiger partial charge < -0.3 is 15.4 Å². The average molecular weight is 490 g/mol. The van der Waals surface area contributed by atoms with E-state index < -0.39 is 24.2 Å². The van der Waals surface area contributed by atoms with Crippen LogP contribution in [0.5, 0.6) is 0 Å². The Morgan fingerprint density at radius 1 is 1.27 bits per heavy atom. The predicted octanol–water partition coefficient (Wildman–Crippen LogP) is 3.59. The van der Waals surface area contributed by atoms with Gasteiger partial charge in [0.05, 0.1) is 28.6 Å². The van der Waals surface area contributed by atoms with Gasteiger partial charge in [-0.05, 0) is 29.8 Å². The van der Waals surface area contributed by atoms with Crippen molar-refractivity contribution in [3.8, 4) is 0 Å². The zero-order valence-electron chi connectivity index (χ0n) is 18.0. The number of nitrogens with zero attached hydrogens (tertiary/aromatic N) is 3. The molecular formula is C21H23N5O5S2. The summed E-state index contributed by atoms with van der Waals surface area (Å²) < 4.78 is 0.583. The summed E-state index contributed by atoms with van der Waals surface area (Å²) in [6.45, 7) is 4.21. The number of nitrogens with one attached hydrogen (secondary N) is 2. The van der Waals surface area contributed by atoms with E-state index >= 15 is 0 Å². The first-order valence-electron chi connectivity index (χ1n) is 10.0. The van der Waals surface area contributed by atoms with E-state index in [1.54, 1.807) is 36.7 Å². The summed E-state index contributed by atoms with van der Waals surface area (Å²) in [6, 6.07) is 8.79. The average Bonchev–Trinajstić information content (AvgIpc) is 3.38. The number of carboxylic acids is 1. The van der Waals surface area contributed by atoms with E-state index in [9.17, 15) is 14.4 Å². The summed E-state index contributed by atoms with van der Waals surface area (Å²) in [5, 5.41) is 13.6. The minimum atomic E-state index is -1.05.